The molecule has 2 saturated carbocycles. The first-order valence-corrected chi connectivity index (χ1v) is 11.9. The van der Waals surface area contributed by atoms with Crippen LogP contribution in [-0.2, 0) is 9.59 Å². The lowest BCUT2D eigenvalue weighted by molar-refractivity contribution is -0.131. The fourth-order valence-corrected chi connectivity index (χ4v) is 5.16. The maximum atomic E-state index is 13.3. The maximum absolute atomic E-state index is 13.3. The quantitative estimate of drug-likeness (QED) is 0.723. The summed E-state index contributed by atoms with van der Waals surface area (Å²) in [7, 11) is 0. The van der Waals surface area contributed by atoms with Crippen LogP contribution < -0.4 is 0 Å². The second-order valence-corrected chi connectivity index (χ2v) is 10.0. The van der Waals surface area contributed by atoms with Crippen LogP contribution in [0.2, 0.25) is 0 Å². The number of aliphatic imine (C=N–C) groups is 1. The molecule has 164 valence electrons. The number of hydrogen-bond donors (Lipinski definition) is 0. The van der Waals surface area contributed by atoms with Crippen LogP contribution in [0.5, 0.6) is 0 Å². The van der Waals surface area contributed by atoms with E-state index >= 15 is 0 Å². The van der Waals surface area contributed by atoms with Gasteiger partial charge in [0.05, 0.1) is 0 Å². The lowest BCUT2D eigenvalue weighted by Gasteiger charge is -2.23. The molecule has 5 nitrogen and oxygen atoms in total. The average molecular weight is 428 g/mol. The van der Waals surface area contributed by atoms with Gasteiger partial charge in [-0.1, -0.05) is 54.1 Å². The van der Waals surface area contributed by atoms with Crippen molar-refractivity contribution in [2.75, 3.05) is 19.6 Å². The largest absolute Gasteiger partial charge is 0.342 e. The van der Waals surface area contributed by atoms with Crippen LogP contribution in [0, 0.1) is 18.8 Å². The van der Waals surface area contributed by atoms with Crippen molar-refractivity contribution >= 4 is 17.6 Å². The van der Waals surface area contributed by atoms with E-state index in [0.717, 1.165) is 56.6 Å². The first kappa shape index (κ1) is 19.7. The highest BCUT2D eigenvalue weighted by molar-refractivity contribution is 6.16. The Balaban J connectivity index is 1.21. The van der Waals surface area contributed by atoms with E-state index in [1.54, 1.807) is 0 Å². The molecular formula is C27H29N3O2. The van der Waals surface area contributed by atoms with Crippen molar-refractivity contribution in [3.05, 3.63) is 59.7 Å². The molecule has 2 aromatic rings. The molecule has 32 heavy (non-hydrogen) atoms. The molecule has 2 heterocycles. The molecule has 0 bridgehead atoms. The minimum atomic E-state index is -0.507. The number of likely N-dealkylation sites (tertiary alicyclic amines) is 1. The Labute approximate surface area is 189 Å². The topological polar surface area (TPSA) is 53.0 Å². The van der Waals surface area contributed by atoms with Crippen LogP contribution in [0.15, 0.2) is 53.5 Å². The smallest absolute Gasteiger partial charge is 0.256 e. The Morgan fingerprint density at radius 2 is 1.78 bits per heavy atom. The van der Waals surface area contributed by atoms with Crippen molar-refractivity contribution in [3.8, 4) is 11.1 Å². The summed E-state index contributed by atoms with van der Waals surface area (Å²) in [5.74, 6) is 1.88. The predicted octanol–water partition coefficient (Wildman–Crippen LogP) is 4.04. The second kappa shape index (κ2) is 7.29. The molecule has 4 aliphatic rings. The summed E-state index contributed by atoms with van der Waals surface area (Å²) in [5, 5.41) is 0. The number of hydrogen-bond acceptors (Lipinski definition) is 3. The lowest BCUT2D eigenvalue weighted by atomic mass is 10.0. The van der Waals surface area contributed by atoms with Crippen LogP contribution >= 0.6 is 0 Å². The van der Waals surface area contributed by atoms with E-state index < -0.39 is 5.54 Å². The van der Waals surface area contributed by atoms with Gasteiger partial charge in [-0.05, 0) is 56.1 Å². The molecule has 2 amide bonds. The van der Waals surface area contributed by atoms with Crippen molar-refractivity contribution in [2.45, 2.75) is 44.6 Å². The third-order valence-corrected chi connectivity index (χ3v) is 7.40. The normalized spacial score (nSPS) is 23.7. The standard InChI is InChI=1S/C27H29N3O2/c1-18-3-2-4-23(15-18)20-5-7-21(8-6-20)24-28-27(12-13-27)26(32)30(24)17-19-11-14-29(16-19)25(31)22-9-10-22/h2-8,15,19,22H,9-14,16-17H2,1H3. The number of aryl methyl sites for hydroxylation is 1. The van der Waals surface area contributed by atoms with E-state index in [2.05, 4.69) is 55.5 Å². The number of benzene rings is 2. The Bertz CT molecular complexity index is 1110. The van der Waals surface area contributed by atoms with Gasteiger partial charge in [-0.3, -0.25) is 19.5 Å². The van der Waals surface area contributed by atoms with E-state index in [4.69, 9.17) is 4.99 Å². The van der Waals surface area contributed by atoms with Gasteiger partial charge in [-0.2, -0.15) is 0 Å². The summed E-state index contributed by atoms with van der Waals surface area (Å²) in [4.78, 5) is 34.6. The van der Waals surface area contributed by atoms with Gasteiger partial charge in [-0.25, -0.2) is 0 Å². The van der Waals surface area contributed by atoms with Crippen LogP contribution in [-0.4, -0.2) is 52.6 Å². The molecule has 0 aromatic heterocycles. The third kappa shape index (κ3) is 3.44. The summed E-state index contributed by atoms with van der Waals surface area (Å²) < 4.78 is 0. The first-order valence-electron chi connectivity index (χ1n) is 11.9. The van der Waals surface area contributed by atoms with Crippen LogP contribution in [0.25, 0.3) is 11.1 Å². The summed E-state index contributed by atoms with van der Waals surface area (Å²) in [5.41, 5.74) is 4.10. The van der Waals surface area contributed by atoms with Crippen molar-refractivity contribution in [1.29, 1.82) is 0 Å². The molecule has 1 spiro atoms. The van der Waals surface area contributed by atoms with E-state index in [0.29, 0.717) is 18.4 Å². The molecule has 2 aliphatic heterocycles. The molecule has 0 N–H and O–H groups in total. The van der Waals surface area contributed by atoms with E-state index in [1.807, 2.05) is 9.80 Å². The fourth-order valence-electron chi connectivity index (χ4n) is 5.16. The Morgan fingerprint density at radius 1 is 1.03 bits per heavy atom. The number of nitrogens with zero attached hydrogens (tertiary/aromatic N) is 3. The Morgan fingerprint density at radius 3 is 2.47 bits per heavy atom. The molecule has 1 atom stereocenters. The fraction of sp³-hybridized carbons (Fsp3) is 0.444. The number of rotatable bonds is 5. The van der Waals surface area contributed by atoms with Gasteiger partial charge in [0, 0.05) is 31.1 Å². The van der Waals surface area contributed by atoms with Gasteiger partial charge in [0.15, 0.2) is 0 Å². The Kier molecular flexibility index (Phi) is 4.49. The van der Waals surface area contributed by atoms with E-state index in [-0.39, 0.29) is 11.8 Å². The number of carbonyl (C=O) groups excluding carboxylic acids is 2. The van der Waals surface area contributed by atoms with Crippen molar-refractivity contribution in [3.63, 3.8) is 0 Å². The summed E-state index contributed by atoms with van der Waals surface area (Å²) >= 11 is 0. The minimum absolute atomic E-state index is 0.155. The second-order valence-electron chi connectivity index (χ2n) is 10.0. The van der Waals surface area contributed by atoms with Crippen LogP contribution in [0.3, 0.4) is 0 Å². The molecule has 2 aromatic carbocycles. The van der Waals surface area contributed by atoms with Gasteiger partial charge in [0.1, 0.15) is 11.4 Å². The highest BCUT2D eigenvalue weighted by Gasteiger charge is 2.57. The highest BCUT2D eigenvalue weighted by Crippen LogP contribution is 2.46. The molecule has 3 fully saturated rings. The molecule has 2 aliphatic carbocycles. The molecule has 0 radical (unpaired) electrons. The van der Waals surface area contributed by atoms with E-state index in [9.17, 15) is 9.59 Å². The number of carbonyl (C=O) groups is 2. The SMILES string of the molecule is Cc1cccc(-c2ccc(C3=NC4(CC4)C(=O)N3CC3CCN(C(=O)C4CC4)C3)cc2)c1. The molecule has 1 unspecified atom stereocenters. The van der Waals surface area contributed by atoms with Gasteiger partial charge in [0.25, 0.3) is 5.91 Å². The van der Waals surface area contributed by atoms with Gasteiger partial charge < -0.3 is 4.90 Å². The summed E-state index contributed by atoms with van der Waals surface area (Å²) in [6.45, 7) is 4.36. The lowest BCUT2D eigenvalue weighted by Crippen LogP contribution is -2.40. The van der Waals surface area contributed by atoms with Gasteiger partial charge in [-0.15, -0.1) is 0 Å². The highest BCUT2D eigenvalue weighted by atomic mass is 16.2. The predicted molar refractivity (Wildman–Crippen MR) is 124 cm³/mol. The molecular weight excluding hydrogens is 398 g/mol. The van der Waals surface area contributed by atoms with Crippen LogP contribution in [0.1, 0.15) is 43.2 Å². The minimum Gasteiger partial charge on any atom is -0.342 e. The van der Waals surface area contributed by atoms with Crippen molar-refractivity contribution < 1.29 is 9.59 Å². The van der Waals surface area contributed by atoms with Crippen molar-refractivity contribution in [2.24, 2.45) is 16.8 Å². The molecule has 6 rings (SSSR count). The number of amidine groups is 1. The molecule has 1 saturated heterocycles. The summed E-state index contributed by atoms with van der Waals surface area (Å²) in [6, 6.07) is 16.9. The van der Waals surface area contributed by atoms with Gasteiger partial charge in [0.2, 0.25) is 5.91 Å². The van der Waals surface area contributed by atoms with Gasteiger partial charge >= 0.3 is 0 Å². The third-order valence-electron chi connectivity index (χ3n) is 7.40. The van der Waals surface area contributed by atoms with E-state index in [1.165, 1.54) is 16.7 Å². The van der Waals surface area contributed by atoms with Crippen molar-refractivity contribution in [1.82, 2.24) is 9.80 Å². The monoisotopic (exact) mass is 427 g/mol. The zero-order valence-electron chi connectivity index (χ0n) is 18.6. The zero-order chi connectivity index (χ0) is 21.9. The molecule has 5 heteroatoms. The first-order chi connectivity index (χ1) is 15.5. The number of amides is 2. The zero-order valence-corrected chi connectivity index (χ0v) is 18.6. The summed E-state index contributed by atoms with van der Waals surface area (Å²) in [6.07, 6.45) is 4.76. The maximum Gasteiger partial charge on any atom is 0.256 e. The average Bonchev–Trinajstić information content (AvgIpc) is 3.72. The van der Waals surface area contributed by atoms with Crippen LogP contribution in [0.4, 0.5) is 0 Å². The Hall–Kier alpha value is -2.95.